The van der Waals surface area contributed by atoms with Crippen LogP contribution in [0.1, 0.15) is 11.3 Å². The minimum atomic E-state index is -0.794. The van der Waals surface area contributed by atoms with Crippen LogP contribution in [-0.4, -0.2) is 48.9 Å². The molecule has 0 unspecified atom stereocenters. The molecule has 2 aliphatic rings. The van der Waals surface area contributed by atoms with Gasteiger partial charge in [0.2, 0.25) is 0 Å². The topological polar surface area (TPSA) is 53.4 Å². The van der Waals surface area contributed by atoms with Crippen LogP contribution in [0.25, 0.3) is 16.6 Å². The molecule has 4 heterocycles. The molecule has 2 aliphatic heterocycles. The van der Waals surface area contributed by atoms with E-state index in [2.05, 4.69) is 20.2 Å². The number of nitrogens with one attached hydrogen (secondary N) is 1. The first kappa shape index (κ1) is 20.0. The highest BCUT2D eigenvalue weighted by atomic mass is 35.5. The molecule has 0 atom stereocenters. The molecule has 0 saturated carbocycles. The average Bonchev–Trinajstić information content (AvgIpc) is 3.22. The van der Waals surface area contributed by atoms with Crippen molar-refractivity contribution in [2.45, 2.75) is 0 Å². The Kier molecular flexibility index (Phi) is 5.16. The predicted molar refractivity (Wildman–Crippen MR) is 120 cm³/mol. The second kappa shape index (κ2) is 7.98. The zero-order valence-electron chi connectivity index (χ0n) is 16.9. The van der Waals surface area contributed by atoms with Crippen LogP contribution in [0.5, 0.6) is 0 Å². The summed E-state index contributed by atoms with van der Waals surface area (Å²) in [6, 6.07) is 7.83. The molecule has 0 amide bonds. The van der Waals surface area contributed by atoms with Crippen molar-refractivity contribution in [3.63, 3.8) is 0 Å². The number of allylic oxidation sites excluding steroid dienone is 1. The Labute approximate surface area is 183 Å². The molecule has 0 aliphatic carbocycles. The monoisotopic (exact) mass is 439 g/mol. The number of aromatic nitrogens is 2. The number of fused-ring (bicyclic) bond motifs is 1. The fourth-order valence-corrected chi connectivity index (χ4v) is 4.25. The lowest BCUT2D eigenvalue weighted by Gasteiger charge is -2.40. The van der Waals surface area contributed by atoms with Crippen molar-refractivity contribution in [3.8, 4) is 0 Å². The van der Waals surface area contributed by atoms with Gasteiger partial charge in [0.05, 0.1) is 45.9 Å². The molecule has 5 rings (SSSR count). The molecule has 158 valence electrons. The quantitative estimate of drug-likeness (QED) is 0.608. The van der Waals surface area contributed by atoms with Gasteiger partial charge in [0, 0.05) is 42.8 Å². The van der Waals surface area contributed by atoms with Gasteiger partial charge in [0.1, 0.15) is 11.6 Å². The molecule has 1 aromatic carbocycles. The van der Waals surface area contributed by atoms with Crippen molar-refractivity contribution in [2.75, 3.05) is 38.1 Å². The SMILES string of the molecule is CNCC1CN(c2cnc3ccc(C4=CCN=C4c4cc(Cl)c(F)cc4F)nc3c2)C1. The first-order chi connectivity index (χ1) is 15.0. The van der Waals surface area contributed by atoms with E-state index in [9.17, 15) is 8.78 Å². The van der Waals surface area contributed by atoms with Crippen molar-refractivity contribution in [1.29, 1.82) is 0 Å². The van der Waals surface area contributed by atoms with E-state index in [0.717, 1.165) is 42.4 Å². The fourth-order valence-electron chi connectivity index (χ4n) is 4.09. The molecule has 3 aromatic rings. The number of rotatable bonds is 5. The molecule has 0 bridgehead atoms. The van der Waals surface area contributed by atoms with E-state index < -0.39 is 11.6 Å². The third-order valence-electron chi connectivity index (χ3n) is 5.68. The summed E-state index contributed by atoms with van der Waals surface area (Å²) in [5.41, 5.74) is 4.54. The number of aliphatic imine (C=N–C) groups is 1. The molecular weight excluding hydrogens is 420 g/mol. The Hall–Kier alpha value is -2.90. The van der Waals surface area contributed by atoms with Crippen molar-refractivity contribution in [3.05, 3.63) is 70.5 Å². The van der Waals surface area contributed by atoms with Crippen LogP contribution in [-0.2, 0) is 0 Å². The highest BCUT2D eigenvalue weighted by molar-refractivity contribution is 6.35. The van der Waals surface area contributed by atoms with E-state index in [-0.39, 0.29) is 10.6 Å². The standard InChI is InChI=1S/C23H20ClF2N5/c1-27-9-13-11-31(12-13)14-6-22-21(29-10-14)3-2-20(30-22)15-4-5-28-23(15)16-7-17(24)19(26)8-18(16)25/h2-4,6-8,10,13,27H,5,9,11-12H2,1H3. The van der Waals surface area contributed by atoms with Gasteiger partial charge in [-0.2, -0.15) is 0 Å². The van der Waals surface area contributed by atoms with E-state index in [0.29, 0.717) is 29.4 Å². The molecule has 31 heavy (non-hydrogen) atoms. The Morgan fingerprint density at radius 3 is 2.77 bits per heavy atom. The highest BCUT2D eigenvalue weighted by Crippen LogP contribution is 2.30. The second-order valence-electron chi connectivity index (χ2n) is 7.81. The number of hydrogen-bond acceptors (Lipinski definition) is 5. The summed E-state index contributed by atoms with van der Waals surface area (Å²) in [6.07, 6.45) is 3.76. The van der Waals surface area contributed by atoms with Crippen molar-refractivity contribution in [2.24, 2.45) is 10.9 Å². The van der Waals surface area contributed by atoms with Gasteiger partial charge in [-0.15, -0.1) is 0 Å². The van der Waals surface area contributed by atoms with Gasteiger partial charge in [0.15, 0.2) is 0 Å². The summed E-state index contributed by atoms with van der Waals surface area (Å²) in [4.78, 5) is 16.0. The molecule has 1 saturated heterocycles. The summed E-state index contributed by atoms with van der Waals surface area (Å²) in [5, 5.41) is 3.07. The Morgan fingerprint density at radius 1 is 1.13 bits per heavy atom. The van der Waals surface area contributed by atoms with E-state index in [1.54, 1.807) is 0 Å². The van der Waals surface area contributed by atoms with Gasteiger partial charge in [-0.25, -0.2) is 13.8 Å². The summed E-state index contributed by atoms with van der Waals surface area (Å²) in [7, 11) is 1.96. The van der Waals surface area contributed by atoms with Crippen molar-refractivity contribution in [1.82, 2.24) is 15.3 Å². The summed E-state index contributed by atoms with van der Waals surface area (Å²) >= 11 is 5.88. The number of anilines is 1. The number of halogens is 3. The lowest BCUT2D eigenvalue weighted by Crippen LogP contribution is -2.50. The van der Waals surface area contributed by atoms with Crippen LogP contribution in [0, 0.1) is 17.6 Å². The third kappa shape index (κ3) is 3.68. The van der Waals surface area contributed by atoms with Gasteiger partial charge in [0.25, 0.3) is 0 Å². The fraction of sp³-hybridized carbons (Fsp3) is 0.261. The van der Waals surface area contributed by atoms with E-state index in [1.807, 2.05) is 37.5 Å². The Bertz CT molecular complexity index is 1230. The molecular formula is C23H20ClF2N5. The van der Waals surface area contributed by atoms with Gasteiger partial charge in [-0.05, 0) is 31.3 Å². The number of nitrogens with zero attached hydrogens (tertiary/aromatic N) is 4. The predicted octanol–water partition coefficient (Wildman–Crippen LogP) is 4.10. The minimum absolute atomic E-state index is 0.142. The van der Waals surface area contributed by atoms with Crippen molar-refractivity contribution >= 4 is 39.6 Å². The van der Waals surface area contributed by atoms with Crippen LogP contribution >= 0.6 is 11.6 Å². The molecule has 5 nitrogen and oxygen atoms in total. The van der Waals surface area contributed by atoms with Crippen LogP contribution < -0.4 is 10.2 Å². The van der Waals surface area contributed by atoms with Gasteiger partial charge in [-0.3, -0.25) is 9.98 Å². The Balaban J connectivity index is 1.46. The van der Waals surface area contributed by atoms with E-state index in [1.165, 1.54) is 6.07 Å². The molecule has 2 aromatic heterocycles. The smallest absolute Gasteiger partial charge is 0.144 e. The largest absolute Gasteiger partial charge is 0.369 e. The van der Waals surface area contributed by atoms with Gasteiger partial charge in [-0.1, -0.05) is 17.7 Å². The number of benzene rings is 1. The number of hydrogen-bond donors (Lipinski definition) is 1. The number of pyridine rings is 2. The first-order valence-electron chi connectivity index (χ1n) is 10.1. The van der Waals surface area contributed by atoms with Crippen LogP contribution in [0.2, 0.25) is 5.02 Å². The summed E-state index contributed by atoms with van der Waals surface area (Å²) < 4.78 is 28.0. The lowest BCUT2D eigenvalue weighted by atomic mass is 9.99. The first-order valence-corrected chi connectivity index (χ1v) is 10.5. The lowest BCUT2D eigenvalue weighted by molar-refractivity contribution is 0.397. The van der Waals surface area contributed by atoms with Gasteiger partial charge >= 0.3 is 0 Å². The second-order valence-corrected chi connectivity index (χ2v) is 8.22. The highest BCUT2D eigenvalue weighted by Gasteiger charge is 2.27. The molecule has 1 N–H and O–H groups in total. The molecule has 0 spiro atoms. The summed E-state index contributed by atoms with van der Waals surface area (Å²) in [5.74, 6) is -0.857. The Morgan fingerprint density at radius 2 is 1.97 bits per heavy atom. The zero-order valence-corrected chi connectivity index (χ0v) is 17.6. The van der Waals surface area contributed by atoms with Crippen LogP contribution in [0.3, 0.4) is 0 Å². The maximum atomic E-state index is 14.5. The third-order valence-corrected chi connectivity index (χ3v) is 5.97. The van der Waals surface area contributed by atoms with Crippen LogP contribution in [0.15, 0.2) is 47.6 Å². The van der Waals surface area contributed by atoms with Crippen molar-refractivity contribution < 1.29 is 8.78 Å². The molecule has 1 fully saturated rings. The van der Waals surface area contributed by atoms with E-state index in [4.69, 9.17) is 16.6 Å². The van der Waals surface area contributed by atoms with Gasteiger partial charge < -0.3 is 10.2 Å². The van der Waals surface area contributed by atoms with E-state index >= 15 is 0 Å². The molecule has 8 heteroatoms. The maximum Gasteiger partial charge on any atom is 0.144 e. The maximum absolute atomic E-state index is 14.5. The normalized spacial score (nSPS) is 16.5. The minimum Gasteiger partial charge on any atom is -0.369 e. The summed E-state index contributed by atoms with van der Waals surface area (Å²) in [6.45, 7) is 3.37. The van der Waals surface area contributed by atoms with Crippen LogP contribution in [0.4, 0.5) is 14.5 Å². The zero-order chi connectivity index (χ0) is 21.5. The molecule has 0 radical (unpaired) electrons. The average molecular weight is 440 g/mol.